The Balaban J connectivity index is 3.01. The minimum absolute atomic E-state index is 0.101. The number of rotatable bonds is 4. The molecule has 1 aromatic carbocycles. The maximum absolute atomic E-state index is 11.9. The third kappa shape index (κ3) is 3.30. The van der Waals surface area contributed by atoms with Gasteiger partial charge in [0, 0.05) is 11.6 Å². The number of benzene rings is 1. The number of carboxylic acids is 1. The van der Waals surface area contributed by atoms with E-state index in [0.29, 0.717) is 10.2 Å². The van der Waals surface area contributed by atoms with E-state index in [9.17, 15) is 9.59 Å². The monoisotopic (exact) mass is 315 g/mol. The highest BCUT2D eigenvalue weighted by Gasteiger charge is 2.27. The fraction of sp³-hybridized carbons (Fsp3) is 0.333. The molecule has 2 N–H and O–H groups in total. The molecule has 0 unspecified atom stereocenters. The molecule has 98 valence electrons. The summed E-state index contributed by atoms with van der Waals surface area (Å²) in [5.41, 5.74) is -0.493. The Kier molecular flexibility index (Phi) is 4.48. The van der Waals surface area contributed by atoms with Gasteiger partial charge in [0.1, 0.15) is 5.60 Å². The summed E-state index contributed by atoms with van der Waals surface area (Å²) in [7, 11) is 1.43. The van der Waals surface area contributed by atoms with E-state index in [0.717, 1.165) is 0 Å². The number of carbonyl (C=O) groups excluding carboxylic acids is 1. The zero-order valence-electron chi connectivity index (χ0n) is 10.3. The van der Waals surface area contributed by atoms with Crippen molar-refractivity contribution in [1.82, 2.24) is 0 Å². The Labute approximate surface area is 113 Å². The lowest BCUT2D eigenvalue weighted by atomic mass is 10.1. The second-order valence-corrected chi connectivity index (χ2v) is 5.02. The normalized spacial score (nSPS) is 11.1. The number of amides is 1. The summed E-state index contributed by atoms with van der Waals surface area (Å²) < 4.78 is 5.65. The number of nitrogens with one attached hydrogen (secondary N) is 1. The lowest BCUT2D eigenvalue weighted by molar-refractivity contribution is -0.133. The third-order valence-electron chi connectivity index (χ3n) is 2.52. The van der Waals surface area contributed by atoms with Crippen LogP contribution in [0, 0.1) is 0 Å². The molecule has 0 aliphatic rings. The Bertz CT molecular complexity index is 485. The molecule has 0 radical (unpaired) electrons. The van der Waals surface area contributed by atoms with Gasteiger partial charge in [-0.3, -0.25) is 4.79 Å². The molecule has 0 aromatic heterocycles. The van der Waals surface area contributed by atoms with Crippen molar-refractivity contribution in [3.63, 3.8) is 0 Å². The van der Waals surface area contributed by atoms with Gasteiger partial charge in [-0.05, 0) is 48.0 Å². The number of aromatic carboxylic acids is 1. The van der Waals surface area contributed by atoms with Gasteiger partial charge in [-0.2, -0.15) is 0 Å². The van der Waals surface area contributed by atoms with E-state index in [1.165, 1.54) is 19.2 Å². The minimum atomic E-state index is -1.05. The molecule has 0 aliphatic carbocycles. The summed E-state index contributed by atoms with van der Waals surface area (Å²) in [6.45, 7) is 3.24. The molecule has 1 rings (SSSR count). The first kappa shape index (κ1) is 14.7. The highest BCUT2D eigenvalue weighted by molar-refractivity contribution is 9.10. The van der Waals surface area contributed by atoms with Gasteiger partial charge in [-0.1, -0.05) is 0 Å². The van der Waals surface area contributed by atoms with E-state index >= 15 is 0 Å². The molecular weight excluding hydrogens is 302 g/mol. The largest absolute Gasteiger partial charge is 0.478 e. The Morgan fingerprint density at radius 2 is 2.00 bits per heavy atom. The highest BCUT2D eigenvalue weighted by atomic mass is 79.9. The molecule has 0 aliphatic heterocycles. The highest BCUT2D eigenvalue weighted by Crippen LogP contribution is 2.25. The van der Waals surface area contributed by atoms with Crippen LogP contribution in [0.1, 0.15) is 24.2 Å². The average Bonchev–Trinajstić information content (AvgIpc) is 2.31. The summed E-state index contributed by atoms with van der Waals surface area (Å²) in [6.07, 6.45) is 0. The van der Waals surface area contributed by atoms with Crippen LogP contribution < -0.4 is 5.32 Å². The summed E-state index contributed by atoms with van der Waals surface area (Å²) in [5.74, 6) is -1.41. The molecule has 0 spiro atoms. The summed E-state index contributed by atoms with van der Waals surface area (Å²) >= 11 is 3.25. The van der Waals surface area contributed by atoms with Crippen molar-refractivity contribution in [2.45, 2.75) is 19.4 Å². The van der Waals surface area contributed by atoms with Crippen molar-refractivity contribution in [3.05, 3.63) is 28.2 Å². The van der Waals surface area contributed by atoms with E-state index in [4.69, 9.17) is 9.84 Å². The van der Waals surface area contributed by atoms with Crippen LogP contribution >= 0.6 is 15.9 Å². The molecule has 6 heteroatoms. The summed E-state index contributed by atoms with van der Waals surface area (Å²) in [5, 5.41) is 11.5. The molecule has 1 amide bonds. The van der Waals surface area contributed by atoms with Crippen molar-refractivity contribution in [1.29, 1.82) is 0 Å². The van der Waals surface area contributed by atoms with Gasteiger partial charge in [-0.25, -0.2) is 4.79 Å². The smallest absolute Gasteiger partial charge is 0.335 e. The molecule has 5 nitrogen and oxygen atoms in total. The number of carboxylic acid groups (broad SMARTS) is 1. The number of anilines is 1. The average molecular weight is 316 g/mol. The molecule has 0 saturated carbocycles. The van der Waals surface area contributed by atoms with Gasteiger partial charge in [0.2, 0.25) is 0 Å². The van der Waals surface area contributed by atoms with Crippen LogP contribution in [-0.4, -0.2) is 29.7 Å². The quantitative estimate of drug-likeness (QED) is 0.895. The second kappa shape index (κ2) is 5.49. The van der Waals surface area contributed by atoms with Crippen molar-refractivity contribution >= 4 is 33.5 Å². The van der Waals surface area contributed by atoms with E-state index in [2.05, 4.69) is 21.2 Å². The molecule has 18 heavy (non-hydrogen) atoms. The predicted octanol–water partition coefficient (Wildman–Crippen LogP) is 2.51. The zero-order valence-corrected chi connectivity index (χ0v) is 11.9. The van der Waals surface area contributed by atoms with Crippen molar-refractivity contribution in [3.8, 4) is 0 Å². The van der Waals surface area contributed by atoms with Gasteiger partial charge in [0.05, 0.1) is 11.3 Å². The first-order chi connectivity index (χ1) is 8.27. The molecule has 0 atom stereocenters. The van der Waals surface area contributed by atoms with Crippen molar-refractivity contribution in [2.75, 3.05) is 12.4 Å². The van der Waals surface area contributed by atoms with Crippen LogP contribution in [0.2, 0.25) is 0 Å². The SMILES string of the molecule is COC(C)(C)C(=O)Nc1cc(C(=O)O)ccc1Br. The number of methoxy groups -OCH3 is 1. The predicted molar refractivity (Wildman–Crippen MR) is 70.8 cm³/mol. The number of hydrogen-bond donors (Lipinski definition) is 2. The van der Waals surface area contributed by atoms with Gasteiger partial charge in [0.15, 0.2) is 0 Å². The van der Waals surface area contributed by atoms with Gasteiger partial charge < -0.3 is 15.2 Å². The fourth-order valence-electron chi connectivity index (χ4n) is 1.12. The number of hydrogen-bond acceptors (Lipinski definition) is 3. The second-order valence-electron chi connectivity index (χ2n) is 4.17. The maximum atomic E-state index is 11.9. The fourth-order valence-corrected chi connectivity index (χ4v) is 1.47. The molecule has 0 bridgehead atoms. The van der Waals surface area contributed by atoms with E-state index in [1.54, 1.807) is 19.9 Å². The maximum Gasteiger partial charge on any atom is 0.335 e. The van der Waals surface area contributed by atoms with Crippen LogP contribution in [-0.2, 0) is 9.53 Å². The van der Waals surface area contributed by atoms with E-state index in [-0.39, 0.29) is 11.5 Å². The van der Waals surface area contributed by atoms with Crippen molar-refractivity contribution < 1.29 is 19.4 Å². The van der Waals surface area contributed by atoms with Gasteiger partial charge >= 0.3 is 5.97 Å². The number of carbonyl (C=O) groups is 2. The third-order valence-corrected chi connectivity index (χ3v) is 3.21. The summed E-state index contributed by atoms with van der Waals surface area (Å²) in [6, 6.07) is 4.40. The molecule has 0 saturated heterocycles. The number of ether oxygens (including phenoxy) is 1. The Hall–Kier alpha value is -1.40. The molecular formula is C12H14BrNO4. The summed E-state index contributed by atoms with van der Waals surface area (Å²) in [4.78, 5) is 22.7. The number of halogens is 1. The van der Waals surface area contributed by atoms with Crippen molar-refractivity contribution in [2.24, 2.45) is 0 Å². The van der Waals surface area contributed by atoms with Crippen LogP contribution in [0.3, 0.4) is 0 Å². The lowest BCUT2D eigenvalue weighted by Crippen LogP contribution is -2.38. The molecule has 1 aromatic rings. The standard InChI is InChI=1S/C12H14BrNO4/c1-12(2,18-3)11(17)14-9-6-7(10(15)16)4-5-8(9)13/h4-6H,1-3H3,(H,14,17)(H,15,16). The molecule has 0 fully saturated rings. The Morgan fingerprint density at radius 1 is 1.39 bits per heavy atom. The van der Waals surface area contributed by atoms with Crippen LogP contribution in [0.4, 0.5) is 5.69 Å². The van der Waals surface area contributed by atoms with Gasteiger partial charge in [0.25, 0.3) is 5.91 Å². The topological polar surface area (TPSA) is 75.6 Å². The van der Waals surface area contributed by atoms with Crippen LogP contribution in [0.15, 0.2) is 22.7 Å². The zero-order chi connectivity index (χ0) is 13.9. The van der Waals surface area contributed by atoms with Crippen LogP contribution in [0.5, 0.6) is 0 Å². The van der Waals surface area contributed by atoms with E-state index < -0.39 is 11.6 Å². The first-order valence-electron chi connectivity index (χ1n) is 5.17. The van der Waals surface area contributed by atoms with Gasteiger partial charge in [-0.15, -0.1) is 0 Å². The lowest BCUT2D eigenvalue weighted by Gasteiger charge is -2.22. The van der Waals surface area contributed by atoms with E-state index in [1.807, 2.05) is 0 Å². The minimum Gasteiger partial charge on any atom is -0.478 e. The van der Waals surface area contributed by atoms with Crippen LogP contribution in [0.25, 0.3) is 0 Å². The molecule has 0 heterocycles. The first-order valence-corrected chi connectivity index (χ1v) is 5.96. The Morgan fingerprint density at radius 3 is 2.50 bits per heavy atom.